The average molecular weight is 594 g/mol. The van der Waals surface area contributed by atoms with Crippen molar-refractivity contribution in [2.45, 2.75) is 45.2 Å². The smallest absolute Gasteiger partial charge is 0.310 e. The third-order valence-electron chi connectivity index (χ3n) is 6.91. The molecule has 3 amide bonds. The van der Waals surface area contributed by atoms with E-state index in [1.165, 1.54) is 21.1 Å². The Balaban J connectivity index is 1.37. The maximum Gasteiger partial charge on any atom is 0.310 e. The fourth-order valence-electron chi connectivity index (χ4n) is 4.96. The Bertz CT molecular complexity index is 1480. The number of fused-ring (bicyclic) bond motifs is 1. The molecule has 0 aliphatic carbocycles. The van der Waals surface area contributed by atoms with Gasteiger partial charge in [-0.2, -0.15) is 0 Å². The molecule has 0 bridgehead atoms. The molecule has 2 aliphatic heterocycles. The summed E-state index contributed by atoms with van der Waals surface area (Å²) in [5, 5.41) is 17.1. The summed E-state index contributed by atoms with van der Waals surface area (Å²) in [5.74, 6) is -2.09. The highest BCUT2D eigenvalue weighted by Gasteiger charge is 2.40. The number of cyclic esters (lactones) is 1. The second kappa shape index (κ2) is 12.7. The summed E-state index contributed by atoms with van der Waals surface area (Å²) in [5.41, 5.74) is 2.28. The van der Waals surface area contributed by atoms with Gasteiger partial charge in [-0.1, -0.05) is 42.5 Å². The second-order valence-electron chi connectivity index (χ2n) is 9.95. The number of amides is 3. The predicted molar refractivity (Wildman–Crippen MR) is 155 cm³/mol. The van der Waals surface area contributed by atoms with Crippen molar-refractivity contribution in [3.05, 3.63) is 70.9 Å². The van der Waals surface area contributed by atoms with Gasteiger partial charge in [0.05, 0.1) is 41.6 Å². The van der Waals surface area contributed by atoms with Gasteiger partial charge in [-0.05, 0) is 31.5 Å². The van der Waals surface area contributed by atoms with E-state index in [1.54, 1.807) is 24.3 Å². The normalized spacial score (nSPS) is 20.1. The first-order valence-electron chi connectivity index (χ1n) is 13.4. The molecule has 5 rings (SSSR count). The van der Waals surface area contributed by atoms with Crippen LogP contribution in [0.2, 0.25) is 0 Å². The van der Waals surface area contributed by atoms with Crippen molar-refractivity contribution in [1.29, 1.82) is 0 Å². The van der Waals surface area contributed by atoms with Crippen LogP contribution in [0.3, 0.4) is 0 Å². The first kappa shape index (κ1) is 29.2. The zero-order valence-electron chi connectivity index (χ0n) is 23.1. The summed E-state index contributed by atoms with van der Waals surface area (Å²) in [4.78, 5) is 59.3. The number of aromatic nitrogens is 1. The number of hydrogen-bond acceptors (Lipinski definition) is 10. The fourth-order valence-corrected chi connectivity index (χ4v) is 5.83. The van der Waals surface area contributed by atoms with Gasteiger partial charge in [0, 0.05) is 0 Å². The molecule has 1 fully saturated rings. The molecule has 12 nitrogen and oxygen atoms in total. The van der Waals surface area contributed by atoms with Crippen LogP contribution in [-0.4, -0.2) is 71.9 Å². The molecular weight excluding hydrogens is 562 g/mol. The van der Waals surface area contributed by atoms with Crippen LogP contribution >= 0.6 is 11.3 Å². The maximum atomic E-state index is 14.0. The number of ether oxygens (including phenoxy) is 2. The summed E-state index contributed by atoms with van der Waals surface area (Å²) >= 11 is 1.37. The highest BCUT2D eigenvalue weighted by atomic mass is 32.1. The lowest BCUT2D eigenvalue weighted by Gasteiger charge is -2.26. The lowest BCUT2D eigenvalue weighted by Crippen LogP contribution is -2.51. The van der Waals surface area contributed by atoms with E-state index in [0.717, 1.165) is 10.6 Å². The monoisotopic (exact) mass is 593 g/mol. The van der Waals surface area contributed by atoms with Crippen LogP contribution < -0.4 is 20.4 Å². The second-order valence-corrected chi connectivity index (χ2v) is 11.2. The van der Waals surface area contributed by atoms with Crippen LogP contribution in [0, 0.1) is 13.8 Å². The Kier molecular flexibility index (Phi) is 8.80. The Morgan fingerprint density at radius 1 is 1.10 bits per heavy atom. The van der Waals surface area contributed by atoms with Crippen molar-refractivity contribution in [3.8, 4) is 0 Å². The molecule has 3 aromatic rings. The van der Waals surface area contributed by atoms with Crippen LogP contribution in [0.4, 0.5) is 16.4 Å². The molecular formula is C29H31N5O7S. The molecule has 2 aliphatic rings. The molecule has 0 saturated carbocycles. The third-order valence-corrected chi connectivity index (χ3v) is 7.91. The fraction of sp³-hybridized carbons (Fsp3) is 0.345. The van der Waals surface area contributed by atoms with Crippen LogP contribution in [0.5, 0.6) is 0 Å². The molecule has 1 unspecified atom stereocenters. The van der Waals surface area contributed by atoms with Gasteiger partial charge in [0.15, 0.2) is 0 Å². The van der Waals surface area contributed by atoms with E-state index in [1.807, 2.05) is 44.2 Å². The van der Waals surface area contributed by atoms with Gasteiger partial charge in [0.1, 0.15) is 30.2 Å². The van der Waals surface area contributed by atoms with Gasteiger partial charge in [-0.15, -0.1) is 11.3 Å². The summed E-state index contributed by atoms with van der Waals surface area (Å²) in [6.07, 6.45) is -1.07. The molecule has 0 spiro atoms. The molecule has 1 aromatic heterocycles. The van der Waals surface area contributed by atoms with Crippen molar-refractivity contribution < 1.29 is 33.8 Å². The standard InChI is InChI=1S/C29H31N5O7S/c1-17-27(42-18(2)30-17)32-21-13-33(25(37)15-35)22-10-6-7-11-23(22)34(28(21)39)14-24(36)31-20-12-26(38)41-29(20)40-16-19-8-4-3-5-9-19/h3-11,20-21,29,32,35H,12-16H2,1-2H3,(H,31,36)/t20-,21-,29?/m0/s1. The SMILES string of the molecule is Cc1nc(C)c(N[C@H]2CN(C(=O)CO)c3ccccc3N(CC(=O)N[C@H]3CC(=O)OC3OCc3ccccc3)C2=O)s1. The third kappa shape index (κ3) is 6.43. The lowest BCUT2D eigenvalue weighted by atomic mass is 10.2. The highest BCUT2D eigenvalue weighted by Crippen LogP contribution is 2.34. The Morgan fingerprint density at radius 3 is 2.50 bits per heavy atom. The molecule has 13 heteroatoms. The van der Waals surface area contributed by atoms with Crippen molar-refractivity contribution in [2.75, 3.05) is 34.8 Å². The van der Waals surface area contributed by atoms with Crippen molar-refractivity contribution in [1.82, 2.24) is 10.3 Å². The average Bonchev–Trinajstić information content (AvgIpc) is 3.47. The van der Waals surface area contributed by atoms with Crippen LogP contribution in [0.15, 0.2) is 54.6 Å². The van der Waals surface area contributed by atoms with E-state index >= 15 is 0 Å². The van der Waals surface area contributed by atoms with Crippen molar-refractivity contribution in [3.63, 3.8) is 0 Å². The minimum atomic E-state index is -0.988. The number of aliphatic hydroxyl groups excluding tert-OH is 1. The number of rotatable bonds is 9. The van der Waals surface area contributed by atoms with Crippen molar-refractivity contribution in [2.24, 2.45) is 0 Å². The van der Waals surface area contributed by atoms with Gasteiger partial charge >= 0.3 is 5.97 Å². The topological polar surface area (TPSA) is 150 Å². The van der Waals surface area contributed by atoms with Gasteiger partial charge < -0.3 is 30.1 Å². The number of thiazole rings is 1. The molecule has 2 aromatic carbocycles. The maximum absolute atomic E-state index is 14.0. The number of carbonyl (C=O) groups excluding carboxylic acids is 4. The molecule has 0 radical (unpaired) electrons. The number of nitrogens with one attached hydrogen (secondary N) is 2. The lowest BCUT2D eigenvalue weighted by molar-refractivity contribution is -0.168. The van der Waals surface area contributed by atoms with E-state index in [-0.39, 0.29) is 19.6 Å². The molecule has 3 heterocycles. The first-order valence-corrected chi connectivity index (χ1v) is 14.2. The number of hydrogen-bond donors (Lipinski definition) is 3. The predicted octanol–water partition coefficient (Wildman–Crippen LogP) is 1.89. The number of nitrogens with zero attached hydrogens (tertiary/aromatic N) is 3. The largest absolute Gasteiger partial charge is 0.433 e. The number of carbonyl (C=O) groups is 4. The van der Waals surface area contributed by atoms with E-state index in [0.29, 0.717) is 22.1 Å². The summed E-state index contributed by atoms with van der Waals surface area (Å²) in [7, 11) is 0. The van der Waals surface area contributed by atoms with E-state index in [9.17, 15) is 24.3 Å². The van der Waals surface area contributed by atoms with Crippen molar-refractivity contribution >= 4 is 51.4 Å². The number of aliphatic hydroxyl groups is 1. The zero-order valence-corrected chi connectivity index (χ0v) is 23.9. The highest BCUT2D eigenvalue weighted by molar-refractivity contribution is 7.15. The van der Waals surface area contributed by atoms with Crippen LogP contribution in [0.1, 0.15) is 22.7 Å². The van der Waals surface area contributed by atoms with Gasteiger partial charge in [0.2, 0.25) is 12.2 Å². The number of para-hydroxylation sites is 2. The van der Waals surface area contributed by atoms with Gasteiger partial charge in [-0.3, -0.25) is 24.1 Å². The van der Waals surface area contributed by atoms with Gasteiger partial charge in [0.25, 0.3) is 11.8 Å². The molecule has 3 N–H and O–H groups in total. The van der Waals surface area contributed by atoms with E-state index in [4.69, 9.17) is 9.47 Å². The number of esters is 1. The quantitative estimate of drug-likeness (QED) is 0.316. The van der Waals surface area contributed by atoms with Gasteiger partial charge in [-0.25, -0.2) is 4.98 Å². The Hall–Kier alpha value is -4.33. The van der Waals surface area contributed by atoms with Crippen LogP contribution in [-0.2, 0) is 35.3 Å². The Labute approximate surface area is 246 Å². The van der Waals surface area contributed by atoms with E-state index in [2.05, 4.69) is 15.6 Å². The minimum Gasteiger partial charge on any atom is -0.433 e. The zero-order chi connectivity index (χ0) is 29.8. The number of aryl methyl sites for hydroxylation is 2. The van der Waals surface area contributed by atoms with E-state index < -0.39 is 55.2 Å². The molecule has 42 heavy (non-hydrogen) atoms. The Morgan fingerprint density at radius 2 is 1.81 bits per heavy atom. The first-order chi connectivity index (χ1) is 20.2. The summed E-state index contributed by atoms with van der Waals surface area (Å²) in [6.45, 7) is 2.61. The van der Waals surface area contributed by atoms with Crippen LogP contribution in [0.25, 0.3) is 0 Å². The molecule has 220 valence electrons. The summed E-state index contributed by atoms with van der Waals surface area (Å²) in [6, 6.07) is 14.3. The molecule has 1 saturated heterocycles. The molecule has 3 atom stereocenters. The number of anilines is 3. The minimum absolute atomic E-state index is 0.0793. The number of benzene rings is 2. The summed E-state index contributed by atoms with van der Waals surface area (Å²) < 4.78 is 11.1.